The van der Waals surface area contributed by atoms with E-state index in [1.165, 1.54) is 0 Å². The lowest BCUT2D eigenvalue weighted by molar-refractivity contribution is -0.455. The molecule has 0 aliphatic rings. The van der Waals surface area contributed by atoms with Crippen LogP contribution in [0.5, 0.6) is 0 Å². The minimum absolute atomic E-state index is 1.12. The maximum Gasteiger partial charge on any atom is 0.435 e. The summed E-state index contributed by atoms with van der Waals surface area (Å²) < 4.78 is 111. The van der Waals surface area contributed by atoms with Crippen LogP contribution in [0.4, 0.5) is 39.5 Å². The third kappa shape index (κ3) is 2.59. The van der Waals surface area contributed by atoms with E-state index in [1.54, 1.807) is 0 Å². The van der Waals surface area contributed by atoms with Gasteiger partial charge in [-0.2, -0.15) is 39.5 Å². The highest BCUT2D eigenvalue weighted by molar-refractivity contribution is 5.03. The molecule has 0 atom stereocenters. The lowest BCUT2D eigenvalue weighted by Gasteiger charge is -2.37. The zero-order valence-electron chi connectivity index (χ0n) is 7.59. The molecule has 0 heterocycles. The zero-order valence-corrected chi connectivity index (χ0v) is 7.59. The Morgan fingerprint density at radius 2 is 1.06 bits per heavy atom. The largest absolute Gasteiger partial charge is 0.435 e. The van der Waals surface area contributed by atoms with Crippen molar-refractivity contribution in [1.29, 1.82) is 0 Å². The Morgan fingerprint density at radius 1 is 0.765 bits per heavy atom. The summed E-state index contributed by atoms with van der Waals surface area (Å²) in [6.07, 6.45) is -15.9. The topological polar surface area (TPSA) is 9.23 Å². The maximum absolute atomic E-state index is 12.1. The smallest absolute Gasteiger partial charge is 0.338 e. The van der Waals surface area contributed by atoms with E-state index in [-0.39, 0.29) is 0 Å². The van der Waals surface area contributed by atoms with E-state index >= 15 is 0 Å². The van der Waals surface area contributed by atoms with E-state index in [9.17, 15) is 39.5 Å². The number of terminal acetylenes is 1. The molecule has 0 N–H and O–H groups in total. The fraction of sp³-hybridized carbons (Fsp3) is 0.714. The average molecular weight is 274 g/mol. The second-order valence-corrected chi connectivity index (χ2v) is 2.67. The van der Waals surface area contributed by atoms with Crippen LogP contribution in [0.15, 0.2) is 0 Å². The van der Waals surface area contributed by atoms with Gasteiger partial charge in [0.2, 0.25) is 0 Å². The van der Waals surface area contributed by atoms with Crippen molar-refractivity contribution >= 4 is 0 Å². The van der Waals surface area contributed by atoms with Crippen LogP contribution in [0, 0.1) is 12.3 Å². The van der Waals surface area contributed by atoms with Crippen LogP contribution in [-0.4, -0.2) is 30.7 Å². The monoisotopic (exact) mass is 274 g/mol. The molecule has 0 aliphatic carbocycles. The Hall–Kier alpha value is -1.11. The van der Waals surface area contributed by atoms with Crippen molar-refractivity contribution in [3.8, 4) is 12.3 Å². The molecule has 0 spiro atoms. The minimum atomic E-state index is -6.74. The van der Waals surface area contributed by atoms with Crippen molar-refractivity contribution in [2.24, 2.45) is 0 Å². The van der Waals surface area contributed by atoms with Gasteiger partial charge in [0, 0.05) is 0 Å². The molecule has 0 rings (SSSR count). The Balaban J connectivity index is 5.85. The summed E-state index contributed by atoms with van der Waals surface area (Å²) in [5.41, 5.74) is -6.28. The van der Waals surface area contributed by atoms with Crippen LogP contribution in [0.3, 0.4) is 0 Å². The average Bonchev–Trinajstić information content (AvgIpc) is 1.96. The minimum Gasteiger partial charge on any atom is -0.338 e. The number of alkyl halides is 9. The summed E-state index contributed by atoms with van der Waals surface area (Å²) in [4.78, 5) is 0. The molecule has 0 unspecified atom stereocenters. The van der Waals surface area contributed by atoms with E-state index in [0.29, 0.717) is 0 Å². The van der Waals surface area contributed by atoms with Crippen LogP contribution in [0.2, 0.25) is 0 Å². The molecule has 1 nitrogen and oxygen atoms in total. The third-order valence-electron chi connectivity index (χ3n) is 1.57. The highest BCUT2D eigenvalue weighted by Gasteiger charge is 2.85. The van der Waals surface area contributed by atoms with Gasteiger partial charge in [0.05, 0.1) is 0 Å². The summed E-state index contributed by atoms with van der Waals surface area (Å²) in [5.74, 6) is 1.12. The van der Waals surface area contributed by atoms with Crippen LogP contribution in [0.25, 0.3) is 0 Å². The number of rotatable bonds is 2. The fourth-order valence-electron chi connectivity index (χ4n) is 0.878. The molecule has 0 aromatic carbocycles. The quantitative estimate of drug-likeness (QED) is 0.555. The van der Waals surface area contributed by atoms with Crippen LogP contribution in [0.1, 0.15) is 0 Å². The first-order valence-corrected chi connectivity index (χ1v) is 3.59. The Kier molecular flexibility index (Phi) is 4.01. The fourth-order valence-corrected chi connectivity index (χ4v) is 0.878. The normalized spacial score (nSPS) is 14.6. The molecule has 0 aromatic rings. The predicted octanol–water partition coefficient (Wildman–Crippen LogP) is 3.06. The Labute approximate surface area is 88.5 Å². The molecule has 0 saturated carbocycles. The molecule has 0 bridgehead atoms. The van der Waals surface area contributed by atoms with Gasteiger partial charge in [0.25, 0.3) is 0 Å². The first-order valence-electron chi connectivity index (χ1n) is 3.59. The van der Waals surface area contributed by atoms with Crippen molar-refractivity contribution in [1.82, 2.24) is 0 Å². The van der Waals surface area contributed by atoms with Crippen molar-refractivity contribution in [3.05, 3.63) is 0 Å². The van der Waals surface area contributed by atoms with Gasteiger partial charge in [-0.3, -0.25) is 0 Å². The van der Waals surface area contributed by atoms with Gasteiger partial charge in [0.15, 0.2) is 0 Å². The molecule has 0 aliphatic heterocycles. The number of hydrogen-bond acceptors (Lipinski definition) is 1. The maximum atomic E-state index is 12.1. The standard InChI is InChI=1S/C7H3F9O/c1-2-3-17-4(5(8,9)10,6(11,12)13)7(14,15)16/h1H,3H2. The first-order chi connectivity index (χ1) is 7.31. The summed E-state index contributed by atoms with van der Waals surface area (Å²) in [6.45, 7) is -1.79. The van der Waals surface area contributed by atoms with Crippen molar-refractivity contribution in [2.45, 2.75) is 24.1 Å². The van der Waals surface area contributed by atoms with E-state index in [1.807, 2.05) is 0 Å². The van der Waals surface area contributed by atoms with Gasteiger partial charge in [0.1, 0.15) is 6.61 Å². The Bertz CT molecular complexity index is 265. The molecule has 0 amide bonds. The molecular weight excluding hydrogens is 271 g/mol. The van der Waals surface area contributed by atoms with Crippen molar-refractivity contribution < 1.29 is 44.3 Å². The molecule has 10 heteroatoms. The lowest BCUT2D eigenvalue weighted by atomic mass is 10.0. The highest BCUT2D eigenvalue weighted by atomic mass is 19.4. The van der Waals surface area contributed by atoms with Gasteiger partial charge < -0.3 is 4.74 Å². The third-order valence-corrected chi connectivity index (χ3v) is 1.57. The van der Waals surface area contributed by atoms with Crippen LogP contribution >= 0.6 is 0 Å². The molecule has 0 aromatic heterocycles. The van der Waals surface area contributed by atoms with Crippen LogP contribution in [-0.2, 0) is 4.74 Å². The number of hydrogen-bond donors (Lipinski definition) is 0. The summed E-state index contributed by atoms with van der Waals surface area (Å²) in [5, 5.41) is 0. The van der Waals surface area contributed by atoms with Crippen molar-refractivity contribution in [3.63, 3.8) is 0 Å². The van der Waals surface area contributed by atoms with E-state index in [4.69, 9.17) is 0 Å². The summed E-state index contributed by atoms with van der Waals surface area (Å²) in [7, 11) is 0. The number of ether oxygens (including phenoxy) is 1. The van der Waals surface area contributed by atoms with Gasteiger partial charge in [-0.15, -0.1) is 6.42 Å². The Morgan fingerprint density at radius 3 is 1.24 bits per heavy atom. The second-order valence-electron chi connectivity index (χ2n) is 2.67. The van der Waals surface area contributed by atoms with Gasteiger partial charge in [-0.25, -0.2) is 0 Å². The van der Waals surface area contributed by atoms with E-state index < -0.39 is 30.7 Å². The molecule has 0 fully saturated rings. The van der Waals surface area contributed by atoms with Crippen LogP contribution < -0.4 is 0 Å². The molecular formula is C7H3F9O. The first kappa shape index (κ1) is 15.9. The second kappa shape index (κ2) is 4.29. The predicted molar refractivity (Wildman–Crippen MR) is 35.7 cm³/mol. The SMILES string of the molecule is C#CCOC(C(F)(F)F)(C(F)(F)F)C(F)(F)F. The molecule has 0 radical (unpaired) electrons. The zero-order chi connectivity index (χ0) is 14.1. The highest BCUT2D eigenvalue weighted by Crippen LogP contribution is 2.54. The summed E-state index contributed by atoms with van der Waals surface area (Å²) in [6, 6.07) is 0. The van der Waals surface area contributed by atoms with Gasteiger partial charge in [-0.1, -0.05) is 5.92 Å². The van der Waals surface area contributed by atoms with Gasteiger partial charge >= 0.3 is 24.1 Å². The van der Waals surface area contributed by atoms with Crippen molar-refractivity contribution in [2.75, 3.05) is 6.61 Å². The molecule has 0 saturated heterocycles. The number of halogens is 9. The van der Waals surface area contributed by atoms with E-state index in [2.05, 4.69) is 11.2 Å². The van der Waals surface area contributed by atoms with E-state index in [0.717, 1.165) is 5.92 Å². The van der Waals surface area contributed by atoms with Gasteiger partial charge in [-0.05, 0) is 0 Å². The lowest BCUT2D eigenvalue weighted by Crippen LogP contribution is -2.67. The molecule has 17 heavy (non-hydrogen) atoms. The summed E-state index contributed by atoms with van der Waals surface area (Å²) >= 11 is 0. The molecule has 100 valence electrons.